The van der Waals surface area contributed by atoms with Crippen LogP contribution in [-0.4, -0.2) is 33.8 Å². The number of nitrogens with zero attached hydrogens (tertiary/aromatic N) is 1. The molecule has 0 spiro atoms. The fourth-order valence-corrected chi connectivity index (χ4v) is 3.75. The molecule has 0 aliphatic rings. The van der Waals surface area contributed by atoms with Crippen molar-refractivity contribution in [3.05, 3.63) is 10.6 Å². The van der Waals surface area contributed by atoms with Crippen LogP contribution >= 0.6 is 23.1 Å². The molecule has 1 atom stereocenters. The molecule has 0 aromatic carbocycles. The van der Waals surface area contributed by atoms with Crippen molar-refractivity contribution in [3.8, 4) is 0 Å². The number of nitrogens with one attached hydrogen (secondary N) is 1. The van der Waals surface area contributed by atoms with E-state index in [0.29, 0.717) is 5.75 Å². The zero-order valence-corrected chi connectivity index (χ0v) is 13.6. The van der Waals surface area contributed by atoms with Crippen molar-refractivity contribution in [2.24, 2.45) is 0 Å². The fraction of sp³-hybridized carbons (Fsp3) is 0.615. The van der Waals surface area contributed by atoms with Gasteiger partial charge in [0.1, 0.15) is 0 Å². The highest BCUT2D eigenvalue weighted by atomic mass is 32.2. The molecule has 7 heteroatoms. The van der Waals surface area contributed by atoms with Gasteiger partial charge in [-0.15, -0.1) is 11.3 Å². The Balaban J connectivity index is 2.45. The lowest BCUT2D eigenvalue weighted by Gasteiger charge is -2.11. The summed E-state index contributed by atoms with van der Waals surface area (Å²) in [5, 5.41) is 11.7. The number of hydrogen-bond donors (Lipinski definition) is 2. The highest BCUT2D eigenvalue weighted by Gasteiger charge is 2.13. The second kappa shape index (κ2) is 8.26. The van der Waals surface area contributed by atoms with Gasteiger partial charge < -0.3 is 10.4 Å². The molecule has 20 heavy (non-hydrogen) atoms. The van der Waals surface area contributed by atoms with Crippen molar-refractivity contribution < 1.29 is 14.7 Å². The van der Waals surface area contributed by atoms with E-state index in [1.807, 2.05) is 6.92 Å². The summed E-state index contributed by atoms with van der Waals surface area (Å²) in [6.45, 7) is 5.87. The summed E-state index contributed by atoms with van der Waals surface area (Å²) in [4.78, 5) is 27.4. The molecule has 0 aliphatic carbocycles. The Kier molecular flexibility index (Phi) is 7.01. The van der Waals surface area contributed by atoms with Crippen molar-refractivity contribution >= 4 is 35.0 Å². The highest BCUT2D eigenvalue weighted by Crippen LogP contribution is 2.27. The number of carboxylic acid groups (broad SMARTS) is 1. The zero-order valence-electron chi connectivity index (χ0n) is 11.9. The van der Waals surface area contributed by atoms with Gasteiger partial charge in [0.05, 0.1) is 17.9 Å². The Morgan fingerprint density at radius 1 is 1.50 bits per heavy atom. The predicted octanol–water partition coefficient (Wildman–Crippen LogP) is 2.48. The summed E-state index contributed by atoms with van der Waals surface area (Å²) >= 11 is 2.70. The van der Waals surface area contributed by atoms with E-state index in [9.17, 15) is 9.59 Å². The molecule has 0 saturated heterocycles. The summed E-state index contributed by atoms with van der Waals surface area (Å²) in [7, 11) is 0. The average molecular weight is 316 g/mol. The molecule has 0 bridgehead atoms. The zero-order chi connectivity index (χ0) is 15.1. The number of aromatic nitrogens is 1. The number of hydrogen-bond acceptors (Lipinski definition) is 5. The largest absolute Gasteiger partial charge is 0.481 e. The summed E-state index contributed by atoms with van der Waals surface area (Å²) in [5.74, 6) is -0.559. The summed E-state index contributed by atoms with van der Waals surface area (Å²) in [6, 6.07) is 0.189. The Labute approximate surface area is 127 Å². The van der Waals surface area contributed by atoms with Crippen LogP contribution in [0, 0.1) is 6.92 Å². The lowest BCUT2D eigenvalue weighted by atomic mass is 10.2. The van der Waals surface area contributed by atoms with Crippen LogP contribution in [0.2, 0.25) is 0 Å². The molecule has 1 aromatic heterocycles. The minimum Gasteiger partial charge on any atom is -0.481 e. The van der Waals surface area contributed by atoms with Crippen LogP contribution in [0.25, 0.3) is 0 Å². The average Bonchev–Trinajstić information content (AvgIpc) is 2.67. The number of aliphatic carboxylic acids is 1. The molecule has 5 nitrogen and oxygen atoms in total. The molecule has 1 rings (SSSR count). The number of carbonyl (C=O) groups excluding carboxylic acids is 1. The van der Waals surface area contributed by atoms with Crippen LogP contribution in [-0.2, 0) is 16.0 Å². The quantitative estimate of drug-likeness (QED) is 0.720. The van der Waals surface area contributed by atoms with Crippen LogP contribution in [0.5, 0.6) is 0 Å². The van der Waals surface area contributed by atoms with E-state index < -0.39 is 5.97 Å². The fourth-order valence-electron chi connectivity index (χ4n) is 1.71. The van der Waals surface area contributed by atoms with E-state index in [-0.39, 0.29) is 18.4 Å². The van der Waals surface area contributed by atoms with E-state index in [1.165, 1.54) is 23.1 Å². The van der Waals surface area contributed by atoms with E-state index >= 15 is 0 Å². The predicted molar refractivity (Wildman–Crippen MR) is 81.4 cm³/mol. The maximum Gasteiger partial charge on any atom is 0.308 e. The first-order valence-electron chi connectivity index (χ1n) is 6.52. The van der Waals surface area contributed by atoms with Gasteiger partial charge in [-0.3, -0.25) is 9.59 Å². The van der Waals surface area contributed by atoms with Gasteiger partial charge in [-0.1, -0.05) is 25.1 Å². The first kappa shape index (κ1) is 17.0. The molecule has 1 heterocycles. The van der Waals surface area contributed by atoms with Crippen LogP contribution in [0.1, 0.15) is 37.3 Å². The highest BCUT2D eigenvalue weighted by molar-refractivity contribution is 8.01. The Morgan fingerprint density at radius 2 is 2.20 bits per heavy atom. The van der Waals surface area contributed by atoms with Crippen molar-refractivity contribution in [1.29, 1.82) is 0 Å². The summed E-state index contributed by atoms with van der Waals surface area (Å²) in [6.07, 6.45) is 2.00. The summed E-state index contributed by atoms with van der Waals surface area (Å²) < 4.78 is 0.747. The number of amides is 1. The third kappa shape index (κ3) is 5.92. The smallest absolute Gasteiger partial charge is 0.308 e. The minimum atomic E-state index is -0.862. The van der Waals surface area contributed by atoms with Gasteiger partial charge in [0.15, 0.2) is 4.34 Å². The monoisotopic (exact) mass is 316 g/mol. The third-order valence-corrected chi connectivity index (χ3v) is 4.94. The van der Waals surface area contributed by atoms with E-state index in [4.69, 9.17) is 5.11 Å². The van der Waals surface area contributed by atoms with Gasteiger partial charge in [-0.05, 0) is 20.3 Å². The Bertz CT molecular complexity index is 474. The molecule has 1 unspecified atom stereocenters. The van der Waals surface area contributed by atoms with Crippen LogP contribution in [0.15, 0.2) is 4.34 Å². The molecule has 0 fully saturated rings. The number of carboxylic acids is 1. The normalized spacial score (nSPS) is 12.2. The van der Waals surface area contributed by atoms with Gasteiger partial charge >= 0.3 is 5.97 Å². The van der Waals surface area contributed by atoms with E-state index in [1.54, 1.807) is 6.92 Å². The Morgan fingerprint density at radius 3 is 2.80 bits per heavy atom. The lowest BCUT2D eigenvalue weighted by Crippen LogP contribution is -2.33. The maximum atomic E-state index is 11.7. The number of thioether (sulfide) groups is 1. The number of rotatable bonds is 8. The van der Waals surface area contributed by atoms with E-state index in [2.05, 4.69) is 17.2 Å². The third-order valence-electron chi connectivity index (χ3n) is 2.64. The first-order valence-corrected chi connectivity index (χ1v) is 8.32. The molecule has 112 valence electrons. The van der Waals surface area contributed by atoms with Gasteiger partial charge in [0.2, 0.25) is 5.91 Å². The second-order valence-electron chi connectivity index (χ2n) is 4.60. The van der Waals surface area contributed by atoms with Crippen molar-refractivity contribution in [3.63, 3.8) is 0 Å². The van der Waals surface area contributed by atoms with Crippen LogP contribution < -0.4 is 5.32 Å². The first-order chi connectivity index (χ1) is 9.42. The van der Waals surface area contributed by atoms with Gasteiger partial charge in [0.25, 0.3) is 0 Å². The van der Waals surface area contributed by atoms with Gasteiger partial charge in [-0.25, -0.2) is 4.98 Å². The van der Waals surface area contributed by atoms with Crippen molar-refractivity contribution in [2.75, 3.05) is 5.75 Å². The number of thiazole rings is 1. The standard InChI is InChI=1S/C13H20N2O3S2/c1-4-5-8(2)14-11(16)7-19-13-15-9(3)10(20-13)6-12(17)18/h8H,4-7H2,1-3H3,(H,14,16)(H,17,18). The van der Waals surface area contributed by atoms with E-state index in [0.717, 1.165) is 27.8 Å². The molecule has 0 aliphatic heterocycles. The molecule has 0 saturated carbocycles. The van der Waals surface area contributed by atoms with Gasteiger partial charge in [0, 0.05) is 10.9 Å². The Hall–Kier alpha value is -1.08. The minimum absolute atomic E-state index is 0.0101. The molecule has 1 amide bonds. The molecular formula is C13H20N2O3S2. The van der Waals surface area contributed by atoms with Crippen molar-refractivity contribution in [2.45, 2.75) is 50.4 Å². The van der Waals surface area contributed by atoms with Crippen LogP contribution in [0.3, 0.4) is 0 Å². The van der Waals surface area contributed by atoms with Crippen LogP contribution in [0.4, 0.5) is 0 Å². The molecule has 1 aromatic rings. The second-order valence-corrected chi connectivity index (χ2v) is 6.91. The lowest BCUT2D eigenvalue weighted by molar-refractivity contribution is -0.136. The summed E-state index contributed by atoms with van der Waals surface area (Å²) in [5.41, 5.74) is 0.736. The molecule has 0 radical (unpaired) electrons. The number of carbonyl (C=O) groups is 2. The topological polar surface area (TPSA) is 79.3 Å². The SMILES string of the molecule is CCCC(C)NC(=O)CSc1nc(C)c(CC(=O)O)s1. The van der Waals surface area contributed by atoms with Gasteiger partial charge in [-0.2, -0.15) is 0 Å². The van der Waals surface area contributed by atoms with Crippen molar-refractivity contribution in [1.82, 2.24) is 10.3 Å². The molecule has 2 N–H and O–H groups in total. The number of aryl methyl sites for hydroxylation is 1. The molecular weight excluding hydrogens is 296 g/mol. The maximum absolute atomic E-state index is 11.7.